The van der Waals surface area contributed by atoms with E-state index in [0.29, 0.717) is 22.2 Å². The molecule has 3 aliphatic rings. The number of hydrogen-bond acceptors (Lipinski definition) is 13. The molecule has 0 bridgehead atoms. The number of nitrogens with one attached hydrogen (secondary N) is 1. The number of aromatic nitrogens is 5. The number of anilines is 1. The molecule has 17 heteroatoms. The molecule has 0 unspecified atom stereocenters. The number of carboxylic acid groups (broad SMARTS) is 1. The Kier molecular flexibility index (Phi) is 6.37. The number of thioether (sulfide) groups is 2. The topological polar surface area (TPSA) is 191 Å². The van der Waals surface area contributed by atoms with E-state index < -0.39 is 29.2 Å². The number of carboxylic acids is 1. The monoisotopic (exact) mass is 537 g/mol. The number of carbonyl (C=O) groups excluding carboxylic acids is 2. The van der Waals surface area contributed by atoms with Gasteiger partial charge in [-0.15, -0.1) is 28.2 Å². The number of nitrogens with two attached hydrogens (primary N) is 1. The van der Waals surface area contributed by atoms with Gasteiger partial charge in [0.2, 0.25) is 5.16 Å². The molecule has 5 rings (SSSR count). The molecule has 1 saturated carbocycles. The normalized spacial score (nSPS) is 22.0. The van der Waals surface area contributed by atoms with Crippen molar-refractivity contribution in [1.82, 2.24) is 35.4 Å². The van der Waals surface area contributed by atoms with Gasteiger partial charge in [-0.1, -0.05) is 16.9 Å². The minimum absolute atomic E-state index is 0.0413. The zero-order valence-electron chi connectivity index (χ0n) is 18.2. The van der Waals surface area contributed by atoms with E-state index in [1.54, 1.807) is 12.4 Å². The highest BCUT2D eigenvalue weighted by Crippen LogP contribution is 2.41. The summed E-state index contributed by atoms with van der Waals surface area (Å²) in [5.41, 5.74) is 6.35. The number of carbonyl (C=O) groups is 3. The van der Waals surface area contributed by atoms with Crippen LogP contribution in [0.15, 0.2) is 27.0 Å². The number of tetrazole rings is 1. The van der Waals surface area contributed by atoms with Crippen molar-refractivity contribution in [2.45, 2.75) is 35.5 Å². The molecule has 2 aliphatic heterocycles. The number of fused-ring (bicyclic) bond motifs is 1. The highest BCUT2D eigenvalue weighted by Gasteiger charge is 2.54. The average molecular weight is 538 g/mol. The van der Waals surface area contributed by atoms with E-state index in [1.165, 1.54) is 33.1 Å². The number of hydrogen-bond donors (Lipinski definition) is 3. The Morgan fingerprint density at radius 1 is 1.43 bits per heavy atom. The van der Waals surface area contributed by atoms with Crippen molar-refractivity contribution in [1.29, 1.82) is 0 Å². The predicted molar refractivity (Wildman–Crippen MR) is 126 cm³/mol. The maximum Gasteiger partial charge on any atom is 0.352 e. The molecule has 2 atom stereocenters. The van der Waals surface area contributed by atoms with Gasteiger partial charge < -0.3 is 21.0 Å². The third-order valence-corrected chi connectivity index (χ3v) is 8.40. The lowest BCUT2D eigenvalue weighted by Gasteiger charge is -2.49. The predicted octanol–water partition coefficient (Wildman–Crippen LogP) is -0.337. The molecule has 14 nitrogen and oxygen atoms in total. The Hall–Kier alpha value is -3.18. The van der Waals surface area contributed by atoms with Crippen LogP contribution >= 0.6 is 34.9 Å². The number of nitrogen functional groups attached to an aromatic ring is 1. The molecule has 2 aromatic rings. The van der Waals surface area contributed by atoms with E-state index in [4.69, 9.17) is 10.6 Å². The van der Waals surface area contributed by atoms with Gasteiger partial charge in [0, 0.05) is 23.9 Å². The fourth-order valence-electron chi connectivity index (χ4n) is 3.40. The third-order valence-electron chi connectivity index (χ3n) is 5.29. The molecule has 35 heavy (non-hydrogen) atoms. The van der Waals surface area contributed by atoms with Crippen LogP contribution in [0.4, 0.5) is 5.13 Å². The lowest BCUT2D eigenvalue weighted by molar-refractivity contribution is -0.150. The summed E-state index contributed by atoms with van der Waals surface area (Å²) in [6.07, 6.45) is 1.66. The maximum atomic E-state index is 13.0. The van der Waals surface area contributed by atoms with E-state index in [0.717, 1.165) is 24.2 Å². The second-order valence-corrected chi connectivity index (χ2v) is 10.7. The molecule has 4 N–H and O–H groups in total. The zero-order valence-corrected chi connectivity index (χ0v) is 20.6. The number of thiazole rings is 1. The minimum Gasteiger partial charge on any atom is -0.477 e. The van der Waals surface area contributed by atoms with Crippen LogP contribution < -0.4 is 11.1 Å². The number of oxime groups is 1. The summed E-state index contributed by atoms with van der Waals surface area (Å²) in [5.74, 6) is -1.70. The van der Waals surface area contributed by atoms with Crippen LogP contribution in [0.3, 0.4) is 0 Å². The number of aliphatic carboxylic acids is 1. The second kappa shape index (κ2) is 9.46. The molecule has 2 fully saturated rings. The summed E-state index contributed by atoms with van der Waals surface area (Å²) in [4.78, 5) is 48.7. The molecule has 2 amide bonds. The molecular weight excluding hydrogens is 518 g/mol. The number of β-lactam (4-membered cyclic amide) rings is 1. The standard InChI is InChI=1S/C18H19N9O5S3/c1-26-18(22-24-25-26)35-5-7-4-33-15-11(14(29)27(15)12(7)16(30)31)21-13(28)10(23-32-8-2-3-8)9-6-34-17(19)20-9/h6,8,11,15H,2-5H2,1H3,(H2,19,20)(H,21,28)(H,30,31)/t11-,15+/m1/s1. The maximum absolute atomic E-state index is 13.0. The van der Waals surface area contributed by atoms with Crippen LogP contribution in [0, 0.1) is 0 Å². The van der Waals surface area contributed by atoms with Crippen molar-refractivity contribution in [3.63, 3.8) is 0 Å². The molecule has 4 heterocycles. The van der Waals surface area contributed by atoms with Crippen molar-refractivity contribution >= 4 is 63.5 Å². The van der Waals surface area contributed by atoms with Gasteiger partial charge in [-0.3, -0.25) is 14.5 Å². The summed E-state index contributed by atoms with van der Waals surface area (Å²) in [6, 6.07) is -0.916. The van der Waals surface area contributed by atoms with Gasteiger partial charge in [-0.2, -0.15) is 0 Å². The SMILES string of the molecule is Cn1nnnc1SCC1=C(C(=O)O)N2C(=O)[C@@H](NC(=O)C(=NOC3CC3)c3csc(N)n3)[C@@H]2SC1. The molecule has 1 saturated heterocycles. The summed E-state index contributed by atoms with van der Waals surface area (Å²) < 4.78 is 1.48. The largest absolute Gasteiger partial charge is 0.477 e. The van der Waals surface area contributed by atoms with Gasteiger partial charge in [-0.25, -0.2) is 14.5 Å². The lowest BCUT2D eigenvalue weighted by atomic mass is 10.0. The summed E-state index contributed by atoms with van der Waals surface area (Å²) >= 11 is 3.80. The first-order valence-electron chi connectivity index (χ1n) is 10.3. The van der Waals surface area contributed by atoms with Crippen LogP contribution in [-0.4, -0.2) is 87.7 Å². The van der Waals surface area contributed by atoms with Gasteiger partial charge in [0.1, 0.15) is 28.9 Å². The molecule has 2 aromatic heterocycles. The van der Waals surface area contributed by atoms with E-state index in [1.807, 2.05) is 0 Å². The molecule has 0 aromatic carbocycles. The van der Waals surface area contributed by atoms with Gasteiger partial charge >= 0.3 is 5.97 Å². The highest BCUT2D eigenvalue weighted by molar-refractivity contribution is 8.01. The Morgan fingerprint density at radius 2 is 2.23 bits per heavy atom. The van der Waals surface area contributed by atoms with Crippen LogP contribution in [0.25, 0.3) is 0 Å². The number of nitrogens with zero attached hydrogens (tertiary/aromatic N) is 7. The first-order valence-corrected chi connectivity index (χ1v) is 13.3. The first kappa shape index (κ1) is 23.6. The fourth-order valence-corrected chi connectivity index (χ4v) is 6.28. The van der Waals surface area contributed by atoms with E-state index in [-0.39, 0.29) is 28.3 Å². The third kappa shape index (κ3) is 4.70. The van der Waals surface area contributed by atoms with E-state index >= 15 is 0 Å². The average Bonchev–Trinajstić information content (AvgIpc) is 3.42. The van der Waals surface area contributed by atoms with Crippen molar-refractivity contribution in [3.05, 3.63) is 22.3 Å². The number of amides is 2. The van der Waals surface area contributed by atoms with Gasteiger partial charge in [0.25, 0.3) is 11.8 Å². The van der Waals surface area contributed by atoms with Crippen LogP contribution in [0.2, 0.25) is 0 Å². The van der Waals surface area contributed by atoms with E-state index in [9.17, 15) is 19.5 Å². The van der Waals surface area contributed by atoms with Crippen LogP contribution in [0.5, 0.6) is 0 Å². The molecule has 0 radical (unpaired) electrons. The van der Waals surface area contributed by atoms with Crippen molar-refractivity contribution in [3.8, 4) is 0 Å². The Bertz CT molecular complexity index is 1250. The van der Waals surface area contributed by atoms with E-state index in [2.05, 4.69) is 31.0 Å². The first-order chi connectivity index (χ1) is 16.8. The molecular formula is C18H19N9O5S3. The van der Waals surface area contributed by atoms with Crippen molar-refractivity contribution < 1.29 is 24.3 Å². The fraction of sp³-hybridized carbons (Fsp3) is 0.444. The molecule has 0 spiro atoms. The Balaban J connectivity index is 1.31. The summed E-state index contributed by atoms with van der Waals surface area (Å²) in [5, 5.41) is 29.5. The van der Waals surface area contributed by atoms with Crippen LogP contribution in [0.1, 0.15) is 18.5 Å². The van der Waals surface area contributed by atoms with Gasteiger partial charge in [0.15, 0.2) is 10.8 Å². The molecule has 1 aliphatic carbocycles. The van der Waals surface area contributed by atoms with Crippen molar-refractivity contribution in [2.24, 2.45) is 12.2 Å². The number of rotatable bonds is 9. The smallest absolute Gasteiger partial charge is 0.352 e. The second-order valence-electron chi connectivity index (χ2n) is 7.81. The quantitative estimate of drug-likeness (QED) is 0.163. The van der Waals surface area contributed by atoms with Gasteiger partial charge in [0.05, 0.1) is 0 Å². The zero-order chi connectivity index (χ0) is 24.7. The minimum atomic E-state index is -1.21. The Morgan fingerprint density at radius 3 is 2.86 bits per heavy atom. The summed E-state index contributed by atoms with van der Waals surface area (Å²) in [7, 11) is 1.68. The summed E-state index contributed by atoms with van der Waals surface area (Å²) in [6.45, 7) is 0. The number of aryl methyl sites for hydroxylation is 1. The van der Waals surface area contributed by atoms with Gasteiger partial charge in [-0.05, 0) is 28.8 Å². The molecule has 184 valence electrons. The Labute approximate surface area is 210 Å². The highest BCUT2D eigenvalue weighted by atomic mass is 32.2. The van der Waals surface area contributed by atoms with Crippen molar-refractivity contribution in [2.75, 3.05) is 17.2 Å². The lowest BCUT2D eigenvalue weighted by Crippen LogP contribution is -2.71. The van der Waals surface area contributed by atoms with Crippen LogP contribution in [-0.2, 0) is 26.3 Å².